The molecule has 132 valence electrons. The molecule has 3 heterocycles. The fourth-order valence-electron chi connectivity index (χ4n) is 3.34. The Bertz CT molecular complexity index is 950. The van der Waals surface area contributed by atoms with Gasteiger partial charge in [-0.25, -0.2) is 9.07 Å². The molecule has 0 fully saturated rings. The van der Waals surface area contributed by atoms with Gasteiger partial charge in [0.15, 0.2) is 6.10 Å². The molecule has 0 aliphatic carbocycles. The second kappa shape index (κ2) is 5.62. The van der Waals surface area contributed by atoms with Gasteiger partial charge in [0, 0.05) is 24.7 Å². The van der Waals surface area contributed by atoms with Crippen LogP contribution in [0.5, 0.6) is 5.75 Å². The number of halogens is 2. The topological polar surface area (TPSA) is 65.3 Å². The van der Waals surface area contributed by atoms with Crippen LogP contribution < -0.4 is 15.6 Å². The maximum atomic E-state index is 14.7. The standard InChI is InChI=1S/C17H17ClFN3O3/c1-8-3-4-21-15(18)14(17(24)22(21)7-8)10-5-12-13(6-11(10)19)25-9(2)16(23)20-12/h5-6,8-9H,3-4,7H2,1-2H3,(H,20,23)/t8-,9?/m1/s1. The highest BCUT2D eigenvalue weighted by molar-refractivity contribution is 6.32. The zero-order valence-corrected chi connectivity index (χ0v) is 14.6. The highest BCUT2D eigenvalue weighted by Crippen LogP contribution is 2.38. The van der Waals surface area contributed by atoms with Gasteiger partial charge >= 0.3 is 0 Å². The summed E-state index contributed by atoms with van der Waals surface area (Å²) in [5, 5.41) is 2.88. The maximum Gasteiger partial charge on any atom is 0.276 e. The Balaban J connectivity index is 1.88. The van der Waals surface area contributed by atoms with Crippen molar-refractivity contribution in [2.45, 2.75) is 39.5 Å². The van der Waals surface area contributed by atoms with Gasteiger partial charge in [-0.15, -0.1) is 0 Å². The van der Waals surface area contributed by atoms with Crippen LogP contribution in [0.3, 0.4) is 0 Å². The summed E-state index contributed by atoms with van der Waals surface area (Å²) in [6, 6.07) is 2.59. The number of hydrogen-bond acceptors (Lipinski definition) is 3. The number of anilines is 1. The van der Waals surface area contributed by atoms with Crippen molar-refractivity contribution in [1.29, 1.82) is 0 Å². The van der Waals surface area contributed by atoms with Crippen LogP contribution in [-0.4, -0.2) is 21.4 Å². The van der Waals surface area contributed by atoms with Gasteiger partial charge in [0.1, 0.15) is 16.7 Å². The molecule has 2 aliphatic rings. The Morgan fingerprint density at radius 1 is 1.28 bits per heavy atom. The van der Waals surface area contributed by atoms with Crippen LogP contribution in [0.2, 0.25) is 5.15 Å². The Labute approximate surface area is 148 Å². The molecule has 1 N–H and O–H groups in total. The molecular formula is C17H17ClFN3O3. The zero-order valence-electron chi connectivity index (χ0n) is 13.8. The summed E-state index contributed by atoms with van der Waals surface area (Å²) in [6.45, 7) is 4.79. The number of aromatic nitrogens is 2. The summed E-state index contributed by atoms with van der Waals surface area (Å²) in [4.78, 5) is 24.6. The third-order valence-electron chi connectivity index (χ3n) is 4.76. The number of nitrogens with zero attached hydrogens (tertiary/aromatic N) is 2. The molecule has 1 aromatic heterocycles. The van der Waals surface area contributed by atoms with Crippen molar-refractivity contribution in [3.05, 3.63) is 33.5 Å². The number of rotatable bonds is 1. The second-order valence-corrected chi connectivity index (χ2v) is 7.01. The van der Waals surface area contributed by atoms with Gasteiger partial charge < -0.3 is 10.1 Å². The van der Waals surface area contributed by atoms with Crippen LogP contribution in [-0.2, 0) is 17.9 Å². The Morgan fingerprint density at radius 3 is 2.80 bits per heavy atom. The predicted molar refractivity (Wildman–Crippen MR) is 91.6 cm³/mol. The zero-order chi connectivity index (χ0) is 17.9. The lowest BCUT2D eigenvalue weighted by molar-refractivity contribution is -0.122. The first kappa shape index (κ1) is 16.2. The summed E-state index contributed by atoms with van der Waals surface area (Å²) in [5.41, 5.74) is 0.183. The van der Waals surface area contributed by atoms with E-state index in [4.69, 9.17) is 16.3 Å². The number of hydrogen-bond donors (Lipinski definition) is 1. The van der Waals surface area contributed by atoms with Gasteiger partial charge in [-0.1, -0.05) is 18.5 Å². The molecule has 8 heteroatoms. The summed E-state index contributed by atoms with van der Waals surface area (Å²) < 4.78 is 23.3. The molecule has 1 amide bonds. The first-order chi connectivity index (χ1) is 11.9. The van der Waals surface area contributed by atoms with Gasteiger partial charge in [-0.2, -0.15) is 0 Å². The largest absolute Gasteiger partial charge is 0.479 e. The van der Waals surface area contributed by atoms with E-state index >= 15 is 0 Å². The molecule has 0 saturated carbocycles. The van der Waals surface area contributed by atoms with E-state index in [-0.39, 0.29) is 33.5 Å². The van der Waals surface area contributed by atoms with Crippen LogP contribution in [0.25, 0.3) is 11.1 Å². The minimum atomic E-state index is -0.699. The van der Waals surface area contributed by atoms with Crippen LogP contribution in [0.1, 0.15) is 20.3 Å². The maximum absolute atomic E-state index is 14.7. The molecule has 0 saturated heterocycles. The van der Waals surface area contributed by atoms with Crippen molar-refractivity contribution in [3.63, 3.8) is 0 Å². The molecule has 2 atom stereocenters. The number of nitrogens with one attached hydrogen (secondary N) is 1. The number of carbonyl (C=O) groups excluding carboxylic acids is 1. The minimum Gasteiger partial charge on any atom is -0.479 e. The van der Waals surface area contributed by atoms with Gasteiger partial charge in [0.05, 0.1) is 11.3 Å². The second-order valence-electron chi connectivity index (χ2n) is 6.65. The van der Waals surface area contributed by atoms with E-state index < -0.39 is 11.9 Å². The van der Waals surface area contributed by atoms with Crippen molar-refractivity contribution < 1.29 is 13.9 Å². The average Bonchev–Trinajstić information content (AvgIpc) is 2.80. The minimum absolute atomic E-state index is 0.0641. The third kappa shape index (κ3) is 2.45. The van der Waals surface area contributed by atoms with E-state index in [1.165, 1.54) is 12.1 Å². The van der Waals surface area contributed by atoms with Gasteiger partial charge in [-0.05, 0) is 25.3 Å². The number of carbonyl (C=O) groups is 1. The molecule has 0 radical (unpaired) electrons. The molecule has 0 spiro atoms. The number of benzene rings is 1. The van der Waals surface area contributed by atoms with Crippen LogP contribution in [0.4, 0.5) is 10.1 Å². The third-order valence-corrected chi connectivity index (χ3v) is 5.14. The monoisotopic (exact) mass is 365 g/mol. The van der Waals surface area contributed by atoms with E-state index in [9.17, 15) is 14.0 Å². The van der Waals surface area contributed by atoms with Crippen LogP contribution in [0.15, 0.2) is 16.9 Å². The lowest BCUT2D eigenvalue weighted by Gasteiger charge is -2.23. The van der Waals surface area contributed by atoms with E-state index in [1.54, 1.807) is 16.3 Å². The molecule has 1 unspecified atom stereocenters. The highest BCUT2D eigenvalue weighted by atomic mass is 35.5. The molecular weight excluding hydrogens is 349 g/mol. The van der Waals surface area contributed by atoms with Gasteiger partial charge in [-0.3, -0.25) is 14.3 Å². The van der Waals surface area contributed by atoms with E-state index in [2.05, 4.69) is 12.2 Å². The molecule has 4 rings (SSSR count). The lowest BCUT2D eigenvalue weighted by Crippen LogP contribution is -2.34. The highest BCUT2D eigenvalue weighted by Gasteiger charge is 2.29. The van der Waals surface area contributed by atoms with Crippen molar-refractivity contribution in [3.8, 4) is 16.9 Å². The van der Waals surface area contributed by atoms with Crippen molar-refractivity contribution >= 4 is 23.2 Å². The SMILES string of the molecule is CC1Oc2cc(F)c(-c3c(Cl)n4n(c3=O)C[C@H](C)CC4)cc2NC1=O. The quantitative estimate of drug-likeness (QED) is 0.845. The van der Waals surface area contributed by atoms with Crippen LogP contribution >= 0.6 is 11.6 Å². The molecule has 2 aliphatic heterocycles. The van der Waals surface area contributed by atoms with Crippen molar-refractivity contribution in [2.24, 2.45) is 5.92 Å². The van der Waals surface area contributed by atoms with Gasteiger partial charge in [0.25, 0.3) is 11.5 Å². The predicted octanol–water partition coefficient (Wildman–Crippen LogP) is 2.87. The van der Waals surface area contributed by atoms with Crippen LogP contribution in [0, 0.1) is 11.7 Å². The van der Waals surface area contributed by atoms with E-state index in [1.807, 2.05) is 0 Å². The van der Waals surface area contributed by atoms with Gasteiger partial charge in [0.2, 0.25) is 0 Å². The average molecular weight is 366 g/mol. The normalized spacial score (nSPS) is 22.0. The Hall–Kier alpha value is -2.28. The Morgan fingerprint density at radius 2 is 2.04 bits per heavy atom. The lowest BCUT2D eigenvalue weighted by atomic mass is 10.1. The van der Waals surface area contributed by atoms with E-state index in [0.717, 1.165) is 6.42 Å². The first-order valence-electron chi connectivity index (χ1n) is 8.17. The molecule has 25 heavy (non-hydrogen) atoms. The number of ether oxygens (including phenoxy) is 1. The summed E-state index contributed by atoms with van der Waals surface area (Å²) >= 11 is 6.39. The smallest absolute Gasteiger partial charge is 0.276 e. The molecule has 1 aromatic carbocycles. The summed E-state index contributed by atoms with van der Waals surface area (Å²) in [6.07, 6.45) is 0.206. The van der Waals surface area contributed by atoms with E-state index in [0.29, 0.717) is 24.7 Å². The Kier molecular flexibility index (Phi) is 3.64. The number of fused-ring (bicyclic) bond motifs is 2. The first-order valence-corrected chi connectivity index (χ1v) is 8.55. The number of amides is 1. The molecule has 6 nitrogen and oxygen atoms in total. The molecule has 2 aromatic rings. The fourth-order valence-corrected chi connectivity index (χ4v) is 3.70. The fraction of sp³-hybridized carbons (Fsp3) is 0.412. The van der Waals surface area contributed by atoms with Crippen molar-refractivity contribution in [2.75, 3.05) is 5.32 Å². The summed E-state index contributed by atoms with van der Waals surface area (Å²) in [5.74, 6) is -0.343. The van der Waals surface area contributed by atoms with Crippen molar-refractivity contribution in [1.82, 2.24) is 9.36 Å². The molecule has 0 bridgehead atoms. The summed E-state index contributed by atoms with van der Waals surface area (Å²) in [7, 11) is 0.